The molecule has 3 rings (SSSR count). The summed E-state index contributed by atoms with van der Waals surface area (Å²) in [6, 6.07) is 6.94. The fourth-order valence-electron chi connectivity index (χ4n) is 2.78. The molecule has 2 aromatic rings. The predicted molar refractivity (Wildman–Crippen MR) is 92.4 cm³/mol. The predicted octanol–water partition coefficient (Wildman–Crippen LogP) is 4.79. The third-order valence-corrected chi connectivity index (χ3v) is 4.97. The van der Waals surface area contributed by atoms with Gasteiger partial charge in [-0.05, 0) is 57.8 Å². The molecule has 0 unspecified atom stereocenters. The van der Waals surface area contributed by atoms with E-state index in [1.165, 1.54) is 12.5 Å². The molecule has 1 fully saturated rings. The normalized spacial score (nSPS) is 14.6. The summed E-state index contributed by atoms with van der Waals surface area (Å²) in [6.07, 6.45) is 7.87. The number of nitrogens with zero attached hydrogens (tertiary/aromatic N) is 1. The summed E-state index contributed by atoms with van der Waals surface area (Å²) in [6.45, 7) is 0. The molecule has 0 atom stereocenters. The Labute approximate surface area is 143 Å². The second kappa shape index (κ2) is 6.86. The number of rotatable bonds is 5. The molecule has 1 heterocycles. The summed E-state index contributed by atoms with van der Waals surface area (Å²) >= 11 is 2.09. The van der Waals surface area contributed by atoms with Gasteiger partial charge in [0, 0.05) is 34.4 Å². The van der Waals surface area contributed by atoms with Gasteiger partial charge >= 0.3 is 0 Å². The number of benzene rings is 1. The van der Waals surface area contributed by atoms with E-state index in [4.69, 9.17) is 0 Å². The van der Waals surface area contributed by atoms with Crippen molar-refractivity contribution in [1.29, 1.82) is 0 Å². The first-order valence-corrected chi connectivity index (χ1v) is 8.61. The van der Waals surface area contributed by atoms with Gasteiger partial charge in [0.05, 0.1) is 0 Å². The first-order valence-electron chi connectivity index (χ1n) is 7.53. The lowest BCUT2D eigenvalue weighted by atomic mass is 9.80. The summed E-state index contributed by atoms with van der Waals surface area (Å²) < 4.78 is 14.9. The van der Waals surface area contributed by atoms with Gasteiger partial charge in [0.1, 0.15) is 5.82 Å². The first kappa shape index (κ1) is 15.6. The molecule has 114 valence electrons. The lowest BCUT2D eigenvalue weighted by molar-refractivity contribution is 0.0935. The number of halogens is 2. The maximum Gasteiger partial charge on any atom is 0.163 e. The lowest BCUT2D eigenvalue weighted by Crippen LogP contribution is -2.17. The van der Waals surface area contributed by atoms with Crippen molar-refractivity contribution in [2.24, 2.45) is 5.92 Å². The SMILES string of the molecule is O=C(CC1CCC1)c1ccncc1Cc1ccc(I)cc1F. The van der Waals surface area contributed by atoms with E-state index < -0.39 is 0 Å². The monoisotopic (exact) mass is 409 g/mol. The topological polar surface area (TPSA) is 30.0 Å². The molecular formula is C18H17FINO. The highest BCUT2D eigenvalue weighted by atomic mass is 127. The number of pyridine rings is 1. The van der Waals surface area contributed by atoms with Crippen LogP contribution in [0.1, 0.15) is 47.2 Å². The highest BCUT2D eigenvalue weighted by Gasteiger charge is 2.22. The highest BCUT2D eigenvalue weighted by molar-refractivity contribution is 14.1. The smallest absolute Gasteiger partial charge is 0.163 e. The molecule has 1 aromatic heterocycles. The standard InChI is InChI=1S/C18H17FINO/c19-17-10-15(20)5-4-13(17)9-14-11-21-7-6-16(14)18(22)8-12-2-1-3-12/h4-7,10-12H,1-3,8-9H2. The molecule has 2 nitrogen and oxygen atoms in total. The van der Waals surface area contributed by atoms with Crippen molar-refractivity contribution in [3.8, 4) is 0 Å². The van der Waals surface area contributed by atoms with Gasteiger partial charge in [-0.3, -0.25) is 9.78 Å². The largest absolute Gasteiger partial charge is 0.294 e. The maximum absolute atomic E-state index is 14.0. The molecule has 1 aliphatic carbocycles. The molecule has 1 aliphatic rings. The Kier molecular flexibility index (Phi) is 4.86. The molecule has 0 N–H and O–H groups in total. The molecule has 22 heavy (non-hydrogen) atoms. The summed E-state index contributed by atoms with van der Waals surface area (Å²) in [7, 11) is 0. The molecule has 1 aromatic carbocycles. The zero-order valence-corrected chi connectivity index (χ0v) is 14.3. The second-order valence-electron chi connectivity index (χ2n) is 5.87. The van der Waals surface area contributed by atoms with Crippen LogP contribution in [0.2, 0.25) is 0 Å². The third kappa shape index (κ3) is 3.54. The molecule has 0 bridgehead atoms. The van der Waals surface area contributed by atoms with Crippen molar-refractivity contribution in [2.45, 2.75) is 32.1 Å². The number of carbonyl (C=O) groups excluding carboxylic acids is 1. The second-order valence-corrected chi connectivity index (χ2v) is 7.12. The van der Waals surface area contributed by atoms with Gasteiger partial charge in [0.15, 0.2) is 5.78 Å². The van der Waals surface area contributed by atoms with E-state index in [1.54, 1.807) is 24.5 Å². The van der Waals surface area contributed by atoms with E-state index in [-0.39, 0.29) is 11.6 Å². The van der Waals surface area contributed by atoms with E-state index in [0.717, 1.165) is 22.0 Å². The number of ketones is 1. The van der Waals surface area contributed by atoms with Crippen LogP contribution in [0, 0.1) is 15.3 Å². The van der Waals surface area contributed by atoms with Crippen molar-refractivity contribution in [2.75, 3.05) is 0 Å². The number of carbonyl (C=O) groups is 1. The number of hydrogen-bond donors (Lipinski definition) is 0. The van der Waals surface area contributed by atoms with Gasteiger partial charge in [-0.2, -0.15) is 0 Å². The fraction of sp³-hybridized carbons (Fsp3) is 0.333. The number of aromatic nitrogens is 1. The van der Waals surface area contributed by atoms with Crippen molar-refractivity contribution in [3.05, 3.63) is 62.7 Å². The molecule has 0 radical (unpaired) electrons. The Morgan fingerprint density at radius 2 is 2.09 bits per heavy atom. The maximum atomic E-state index is 14.0. The van der Waals surface area contributed by atoms with E-state index in [1.807, 2.05) is 6.07 Å². The molecular weight excluding hydrogens is 392 g/mol. The highest BCUT2D eigenvalue weighted by Crippen LogP contribution is 2.31. The van der Waals surface area contributed by atoms with E-state index in [0.29, 0.717) is 29.9 Å². The van der Waals surface area contributed by atoms with Gasteiger partial charge in [-0.1, -0.05) is 25.3 Å². The zero-order chi connectivity index (χ0) is 15.5. The molecule has 1 saturated carbocycles. The van der Waals surface area contributed by atoms with Crippen LogP contribution in [-0.2, 0) is 6.42 Å². The van der Waals surface area contributed by atoms with Crippen LogP contribution in [0.3, 0.4) is 0 Å². The van der Waals surface area contributed by atoms with E-state index in [9.17, 15) is 9.18 Å². The third-order valence-electron chi connectivity index (χ3n) is 4.30. The minimum atomic E-state index is -0.229. The van der Waals surface area contributed by atoms with Gasteiger partial charge in [0.2, 0.25) is 0 Å². The van der Waals surface area contributed by atoms with Crippen LogP contribution in [-0.4, -0.2) is 10.8 Å². The van der Waals surface area contributed by atoms with Gasteiger partial charge in [0.25, 0.3) is 0 Å². The van der Waals surface area contributed by atoms with Crippen molar-refractivity contribution >= 4 is 28.4 Å². The van der Waals surface area contributed by atoms with Gasteiger partial charge in [-0.15, -0.1) is 0 Å². The van der Waals surface area contributed by atoms with Crippen LogP contribution < -0.4 is 0 Å². The Morgan fingerprint density at radius 3 is 2.77 bits per heavy atom. The van der Waals surface area contributed by atoms with Crippen molar-refractivity contribution in [1.82, 2.24) is 4.98 Å². The van der Waals surface area contributed by atoms with E-state index >= 15 is 0 Å². The molecule has 0 amide bonds. The molecule has 0 spiro atoms. The average molecular weight is 409 g/mol. The van der Waals surface area contributed by atoms with Gasteiger partial charge in [-0.25, -0.2) is 4.39 Å². The number of hydrogen-bond acceptors (Lipinski definition) is 2. The Morgan fingerprint density at radius 1 is 1.27 bits per heavy atom. The lowest BCUT2D eigenvalue weighted by Gasteiger charge is -2.24. The zero-order valence-electron chi connectivity index (χ0n) is 12.2. The minimum absolute atomic E-state index is 0.160. The van der Waals surface area contributed by atoms with Crippen LogP contribution in [0.4, 0.5) is 4.39 Å². The Hall–Kier alpha value is -1.30. The Balaban J connectivity index is 1.82. The van der Waals surface area contributed by atoms with Crippen LogP contribution in [0.5, 0.6) is 0 Å². The first-order chi connectivity index (χ1) is 10.6. The van der Waals surface area contributed by atoms with Crippen molar-refractivity contribution < 1.29 is 9.18 Å². The average Bonchev–Trinajstić information content (AvgIpc) is 2.46. The summed E-state index contributed by atoms with van der Waals surface area (Å²) in [5.74, 6) is 0.463. The van der Waals surface area contributed by atoms with E-state index in [2.05, 4.69) is 27.6 Å². The summed E-state index contributed by atoms with van der Waals surface area (Å²) in [5.41, 5.74) is 2.11. The summed E-state index contributed by atoms with van der Waals surface area (Å²) in [5, 5.41) is 0. The summed E-state index contributed by atoms with van der Waals surface area (Å²) in [4.78, 5) is 16.6. The Bertz CT molecular complexity index is 697. The van der Waals surface area contributed by atoms with Gasteiger partial charge < -0.3 is 0 Å². The quantitative estimate of drug-likeness (QED) is 0.525. The molecule has 0 aliphatic heterocycles. The number of Topliss-reactive ketones (excluding diaryl/α,β-unsaturated/α-hetero) is 1. The molecule has 0 saturated heterocycles. The minimum Gasteiger partial charge on any atom is -0.294 e. The van der Waals surface area contributed by atoms with Crippen LogP contribution in [0.25, 0.3) is 0 Å². The van der Waals surface area contributed by atoms with Crippen LogP contribution >= 0.6 is 22.6 Å². The van der Waals surface area contributed by atoms with Crippen LogP contribution in [0.15, 0.2) is 36.7 Å². The fourth-order valence-corrected chi connectivity index (χ4v) is 3.23. The van der Waals surface area contributed by atoms with Crippen molar-refractivity contribution in [3.63, 3.8) is 0 Å². The molecule has 4 heteroatoms.